The van der Waals surface area contributed by atoms with E-state index in [4.69, 9.17) is 9.52 Å². The molecule has 1 aliphatic heterocycles. The molecule has 1 saturated heterocycles. The number of carbonyl (C=O) groups is 1. The minimum atomic E-state index is -0.754. The van der Waals surface area contributed by atoms with Crippen LogP contribution in [-0.4, -0.2) is 41.7 Å². The summed E-state index contributed by atoms with van der Waals surface area (Å²) in [5, 5.41) is 12.3. The fraction of sp³-hybridized carbons (Fsp3) is 0.643. The summed E-state index contributed by atoms with van der Waals surface area (Å²) in [7, 11) is 0. The third-order valence-electron chi connectivity index (χ3n) is 3.38. The van der Waals surface area contributed by atoms with E-state index in [0.29, 0.717) is 0 Å². The highest BCUT2D eigenvalue weighted by atomic mass is 16.4. The maximum absolute atomic E-state index is 10.9. The van der Waals surface area contributed by atoms with Crippen molar-refractivity contribution in [3.05, 3.63) is 24.2 Å². The Morgan fingerprint density at radius 1 is 1.63 bits per heavy atom. The molecule has 1 aromatic heterocycles. The normalized spacial score (nSPS) is 24.0. The molecular weight excluding hydrogens is 244 g/mol. The Hall–Kier alpha value is -1.33. The van der Waals surface area contributed by atoms with Gasteiger partial charge in [-0.05, 0) is 17.5 Å². The highest BCUT2D eigenvalue weighted by Gasteiger charge is 2.29. The Labute approximate surface area is 113 Å². The number of hydrogen-bond acceptors (Lipinski definition) is 4. The third kappa shape index (κ3) is 4.36. The number of furan rings is 1. The number of carboxylic acids is 1. The standard InChI is InChI=1S/C14H22N2O3/c1-14(2)9-15-11(6-13(17)18)7-16(10-14)8-12-4-3-5-19-12/h3-5,11,15H,6-10H2,1-2H3,(H,17,18). The van der Waals surface area contributed by atoms with Crippen LogP contribution in [-0.2, 0) is 11.3 Å². The van der Waals surface area contributed by atoms with Crippen LogP contribution >= 0.6 is 0 Å². The summed E-state index contributed by atoms with van der Waals surface area (Å²) in [4.78, 5) is 13.2. The first-order valence-corrected chi connectivity index (χ1v) is 6.64. The Bertz CT molecular complexity index is 414. The summed E-state index contributed by atoms with van der Waals surface area (Å²) in [5.74, 6) is 0.168. The quantitative estimate of drug-likeness (QED) is 0.865. The molecule has 1 aliphatic rings. The lowest BCUT2D eigenvalue weighted by Crippen LogP contribution is -2.39. The summed E-state index contributed by atoms with van der Waals surface area (Å²) in [6, 6.07) is 3.83. The molecular formula is C14H22N2O3. The molecule has 2 rings (SSSR count). The average molecular weight is 266 g/mol. The van der Waals surface area contributed by atoms with E-state index in [1.165, 1.54) is 0 Å². The number of hydrogen-bond donors (Lipinski definition) is 2. The van der Waals surface area contributed by atoms with Crippen molar-refractivity contribution in [1.29, 1.82) is 0 Å². The summed E-state index contributed by atoms with van der Waals surface area (Å²) < 4.78 is 5.38. The van der Waals surface area contributed by atoms with Crippen molar-refractivity contribution < 1.29 is 14.3 Å². The smallest absolute Gasteiger partial charge is 0.304 e. The zero-order valence-corrected chi connectivity index (χ0v) is 11.6. The molecule has 0 aliphatic carbocycles. The molecule has 0 spiro atoms. The van der Waals surface area contributed by atoms with E-state index in [1.807, 2.05) is 12.1 Å². The minimum Gasteiger partial charge on any atom is -0.481 e. The van der Waals surface area contributed by atoms with E-state index in [0.717, 1.165) is 31.9 Å². The van der Waals surface area contributed by atoms with E-state index >= 15 is 0 Å². The predicted octanol–water partition coefficient (Wildman–Crippen LogP) is 1.55. The van der Waals surface area contributed by atoms with Crippen LogP contribution in [0.2, 0.25) is 0 Å². The molecule has 0 amide bonds. The van der Waals surface area contributed by atoms with Gasteiger partial charge in [-0.3, -0.25) is 9.69 Å². The minimum absolute atomic E-state index is 0.00534. The number of carboxylic acid groups (broad SMARTS) is 1. The Balaban J connectivity index is 2.03. The molecule has 1 fully saturated rings. The summed E-state index contributed by atoms with van der Waals surface area (Å²) in [6.07, 6.45) is 1.83. The van der Waals surface area contributed by atoms with Crippen molar-refractivity contribution in [2.24, 2.45) is 5.41 Å². The van der Waals surface area contributed by atoms with Gasteiger partial charge in [-0.15, -0.1) is 0 Å². The monoisotopic (exact) mass is 266 g/mol. The van der Waals surface area contributed by atoms with Gasteiger partial charge in [-0.1, -0.05) is 13.8 Å². The van der Waals surface area contributed by atoms with Gasteiger partial charge in [-0.2, -0.15) is 0 Å². The van der Waals surface area contributed by atoms with Crippen molar-refractivity contribution in [3.63, 3.8) is 0 Å². The van der Waals surface area contributed by atoms with E-state index in [1.54, 1.807) is 6.26 Å². The lowest BCUT2D eigenvalue weighted by atomic mass is 9.93. The van der Waals surface area contributed by atoms with Gasteiger partial charge in [0.05, 0.1) is 19.2 Å². The van der Waals surface area contributed by atoms with Gasteiger partial charge in [0.25, 0.3) is 0 Å². The summed E-state index contributed by atoms with van der Waals surface area (Å²) >= 11 is 0. The van der Waals surface area contributed by atoms with Gasteiger partial charge >= 0.3 is 5.97 Å². The van der Waals surface area contributed by atoms with Crippen LogP contribution in [0.5, 0.6) is 0 Å². The second kappa shape index (κ2) is 5.75. The van der Waals surface area contributed by atoms with Gasteiger partial charge in [0.1, 0.15) is 5.76 Å². The first-order chi connectivity index (χ1) is 8.94. The molecule has 106 valence electrons. The van der Waals surface area contributed by atoms with Gasteiger partial charge in [0.15, 0.2) is 0 Å². The largest absolute Gasteiger partial charge is 0.481 e. The highest BCUT2D eigenvalue weighted by molar-refractivity contribution is 5.67. The number of nitrogens with zero attached hydrogens (tertiary/aromatic N) is 1. The fourth-order valence-corrected chi connectivity index (χ4v) is 2.61. The number of rotatable bonds is 4. The molecule has 0 saturated carbocycles. The second-order valence-corrected chi connectivity index (χ2v) is 6.09. The first-order valence-electron chi connectivity index (χ1n) is 6.64. The maximum atomic E-state index is 10.9. The fourth-order valence-electron chi connectivity index (χ4n) is 2.61. The highest BCUT2D eigenvalue weighted by Crippen LogP contribution is 2.21. The predicted molar refractivity (Wildman–Crippen MR) is 71.8 cm³/mol. The summed E-state index contributed by atoms with van der Waals surface area (Å²) in [5.41, 5.74) is 0.125. The SMILES string of the molecule is CC1(C)CNC(CC(=O)O)CN(Cc2ccco2)C1. The zero-order valence-electron chi connectivity index (χ0n) is 11.6. The van der Waals surface area contributed by atoms with Crippen LogP contribution in [0.3, 0.4) is 0 Å². The van der Waals surface area contributed by atoms with Crippen LogP contribution in [0, 0.1) is 5.41 Å². The average Bonchev–Trinajstić information content (AvgIpc) is 2.72. The Morgan fingerprint density at radius 2 is 2.42 bits per heavy atom. The Kier molecular flexibility index (Phi) is 4.27. The lowest BCUT2D eigenvalue weighted by Gasteiger charge is -2.28. The molecule has 0 bridgehead atoms. The van der Waals surface area contributed by atoms with Gasteiger partial charge in [-0.25, -0.2) is 0 Å². The molecule has 19 heavy (non-hydrogen) atoms. The molecule has 0 radical (unpaired) electrons. The van der Waals surface area contributed by atoms with Crippen molar-refractivity contribution in [1.82, 2.24) is 10.2 Å². The molecule has 2 N–H and O–H groups in total. The zero-order chi connectivity index (χ0) is 13.9. The van der Waals surface area contributed by atoms with Crippen LogP contribution < -0.4 is 5.32 Å². The van der Waals surface area contributed by atoms with Crippen LogP contribution in [0.25, 0.3) is 0 Å². The van der Waals surface area contributed by atoms with Crippen molar-refractivity contribution in [2.75, 3.05) is 19.6 Å². The Morgan fingerprint density at radius 3 is 3.05 bits per heavy atom. The molecule has 0 aromatic carbocycles. The van der Waals surface area contributed by atoms with Gasteiger partial charge in [0.2, 0.25) is 0 Å². The molecule has 1 unspecified atom stereocenters. The molecule has 1 aromatic rings. The number of aliphatic carboxylic acids is 1. The van der Waals surface area contributed by atoms with Gasteiger partial charge < -0.3 is 14.8 Å². The molecule has 2 heterocycles. The topological polar surface area (TPSA) is 65.7 Å². The van der Waals surface area contributed by atoms with E-state index in [9.17, 15) is 4.79 Å². The van der Waals surface area contributed by atoms with E-state index in [2.05, 4.69) is 24.1 Å². The van der Waals surface area contributed by atoms with Crippen molar-refractivity contribution in [3.8, 4) is 0 Å². The second-order valence-electron chi connectivity index (χ2n) is 6.09. The van der Waals surface area contributed by atoms with Crippen molar-refractivity contribution in [2.45, 2.75) is 32.9 Å². The summed E-state index contributed by atoms with van der Waals surface area (Å²) in [6.45, 7) is 7.61. The molecule has 1 atom stereocenters. The molecule has 5 nitrogen and oxygen atoms in total. The van der Waals surface area contributed by atoms with E-state index in [-0.39, 0.29) is 17.9 Å². The first kappa shape index (κ1) is 14.1. The van der Waals surface area contributed by atoms with Crippen LogP contribution in [0.1, 0.15) is 26.0 Å². The lowest BCUT2D eigenvalue weighted by molar-refractivity contribution is -0.137. The van der Waals surface area contributed by atoms with Crippen molar-refractivity contribution >= 4 is 5.97 Å². The maximum Gasteiger partial charge on any atom is 0.304 e. The molecule has 5 heteroatoms. The number of nitrogens with one attached hydrogen (secondary N) is 1. The van der Waals surface area contributed by atoms with Crippen LogP contribution in [0.15, 0.2) is 22.8 Å². The van der Waals surface area contributed by atoms with E-state index < -0.39 is 5.97 Å². The third-order valence-corrected chi connectivity index (χ3v) is 3.38. The van der Waals surface area contributed by atoms with Crippen LogP contribution in [0.4, 0.5) is 0 Å². The van der Waals surface area contributed by atoms with Gasteiger partial charge in [0, 0.05) is 25.7 Å².